The van der Waals surface area contributed by atoms with Crippen LogP contribution in [-0.2, 0) is 7.05 Å². The van der Waals surface area contributed by atoms with Crippen LogP contribution in [0.1, 0.15) is 10.4 Å². The first-order valence-electron chi connectivity index (χ1n) is 4.62. The summed E-state index contributed by atoms with van der Waals surface area (Å²) in [5.74, 6) is -0.944. The second-order valence-electron chi connectivity index (χ2n) is 3.28. The molecule has 0 fully saturated rings. The van der Waals surface area contributed by atoms with E-state index in [4.69, 9.17) is 5.11 Å². The molecule has 0 atom stereocenters. The Labute approximate surface area is 110 Å². The summed E-state index contributed by atoms with van der Waals surface area (Å²) in [6.45, 7) is 0. The molecule has 0 radical (unpaired) electrons. The van der Waals surface area contributed by atoms with Gasteiger partial charge in [0.25, 0.3) is 0 Å². The van der Waals surface area contributed by atoms with Crippen molar-refractivity contribution in [3.05, 3.63) is 34.6 Å². The fourth-order valence-corrected chi connectivity index (χ4v) is 2.57. The maximum Gasteiger partial charge on any atom is 0.335 e. The van der Waals surface area contributed by atoms with Gasteiger partial charge < -0.3 is 9.67 Å². The van der Waals surface area contributed by atoms with Gasteiger partial charge in [-0.1, -0.05) is 0 Å². The van der Waals surface area contributed by atoms with Crippen molar-refractivity contribution in [2.45, 2.75) is 10.1 Å². The minimum atomic E-state index is -0.944. The largest absolute Gasteiger partial charge is 0.478 e. The van der Waals surface area contributed by atoms with Gasteiger partial charge in [0.1, 0.15) is 6.33 Å². The molecule has 0 aliphatic rings. The summed E-state index contributed by atoms with van der Waals surface area (Å²) in [4.78, 5) is 11.7. The molecule has 1 aromatic heterocycles. The van der Waals surface area contributed by atoms with E-state index >= 15 is 0 Å². The van der Waals surface area contributed by atoms with Crippen LogP contribution >= 0.6 is 27.7 Å². The van der Waals surface area contributed by atoms with Crippen molar-refractivity contribution < 1.29 is 9.90 Å². The van der Waals surface area contributed by atoms with Crippen molar-refractivity contribution in [2.24, 2.45) is 7.05 Å². The molecule has 2 rings (SSSR count). The maximum atomic E-state index is 10.8. The minimum Gasteiger partial charge on any atom is -0.478 e. The number of aryl methyl sites for hydroxylation is 1. The van der Waals surface area contributed by atoms with Crippen molar-refractivity contribution in [3.63, 3.8) is 0 Å². The molecular formula is C10H8BrN3O2S. The van der Waals surface area contributed by atoms with Crippen molar-refractivity contribution in [1.82, 2.24) is 14.8 Å². The summed E-state index contributed by atoms with van der Waals surface area (Å²) < 4.78 is 2.52. The molecule has 5 nitrogen and oxygen atoms in total. The molecule has 0 aliphatic heterocycles. The third-order valence-electron chi connectivity index (χ3n) is 2.05. The van der Waals surface area contributed by atoms with E-state index in [-0.39, 0.29) is 5.56 Å². The number of aromatic carboxylic acids is 1. The number of halogens is 1. The smallest absolute Gasteiger partial charge is 0.335 e. The van der Waals surface area contributed by atoms with Crippen molar-refractivity contribution in [3.8, 4) is 0 Å². The molecule has 0 saturated heterocycles. The highest BCUT2D eigenvalue weighted by molar-refractivity contribution is 9.10. The zero-order valence-corrected chi connectivity index (χ0v) is 11.2. The van der Waals surface area contributed by atoms with Crippen LogP contribution in [0.3, 0.4) is 0 Å². The van der Waals surface area contributed by atoms with Gasteiger partial charge in [-0.3, -0.25) is 0 Å². The molecule has 1 N–H and O–H groups in total. The van der Waals surface area contributed by atoms with Gasteiger partial charge in [-0.2, -0.15) is 0 Å². The molecule has 0 bridgehead atoms. The molecule has 0 aliphatic carbocycles. The number of hydrogen-bond donors (Lipinski definition) is 1. The normalized spacial score (nSPS) is 10.5. The summed E-state index contributed by atoms with van der Waals surface area (Å²) in [5, 5.41) is 17.3. The van der Waals surface area contributed by atoms with Gasteiger partial charge in [-0.05, 0) is 45.9 Å². The van der Waals surface area contributed by atoms with E-state index in [0.717, 1.165) is 14.5 Å². The van der Waals surface area contributed by atoms with Crippen LogP contribution in [0.2, 0.25) is 0 Å². The lowest BCUT2D eigenvalue weighted by Crippen LogP contribution is -1.96. The Morgan fingerprint density at radius 3 is 2.82 bits per heavy atom. The molecule has 0 amide bonds. The predicted octanol–water partition coefficient (Wildman–Crippen LogP) is 2.43. The molecule has 0 unspecified atom stereocenters. The van der Waals surface area contributed by atoms with Crippen molar-refractivity contribution >= 4 is 33.7 Å². The van der Waals surface area contributed by atoms with Crippen LogP contribution in [0.25, 0.3) is 0 Å². The summed E-state index contributed by atoms with van der Waals surface area (Å²) in [5.41, 5.74) is 0.249. The number of nitrogens with zero attached hydrogens (tertiary/aromatic N) is 3. The molecule has 88 valence electrons. The number of carboxylic acid groups (broad SMARTS) is 1. The molecule has 1 heterocycles. The number of carbonyl (C=O) groups is 1. The lowest BCUT2D eigenvalue weighted by atomic mass is 10.2. The van der Waals surface area contributed by atoms with E-state index in [1.165, 1.54) is 11.8 Å². The number of benzene rings is 1. The topological polar surface area (TPSA) is 68.0 Å². The highest BCUT2D eigenvalue weighted by atomic mass is 79.9. The van der Waals surface area contributed by atoms with Crippen molar-refractivity contribution in [2.75, 3.05) is 0 Å². The first kappa shape index (κ1) is 12.1. The number of rotatable bonds is 3. The van der Waals surface area contributed by atoms with Crippen LogP contribution in [0.4, 0.5) is 0 Å². The van der Waals surface area contributed by atoms with Gasteiger partial charge in [0.15, 0.2) is 5.16 Å². The fourth-order valence-electron chi connectivity index (χ4n) is 1.18. The van der Waals surface area contributed by atoms with Crippen LogP contribution in [-0.4, -0.2) is 25.8 Å². The van der Waals surface area contributed by atoms with Gasteiger partial charge in [-0.15, -0.1) is 10.2 Å². The van der Waals surface area contributed by atoms with Crippen LogP contribution in [0.5, 0.6) is 0 Å². The standard InChI is InChI=1S/C10H8BrN3O2S/c1-14-5-12-13-10(14)17-8-3-2-6(9(15)16)4-7(8)11/h2-5H,1H3,(H,15,16). The van der Waals surface area contributed by atoms with E-state index in [1.54, 1.807) is 29.1 Å². The maximum absolute atomic E-state index is 10.8. The van der Waals surface area contributed by atoms with Crippen LogP contribution in [0.15, 0.2) is 39.1 Å². The first-order chi connectivity index (χ1) is 8.08. The summed E-state index contributed by atoms with van der Waals surface area (Å²) in [6.07, 6.45) is 1.61. The molecule has 7 heteroatoms. The fraction of sp³-hybridized carbons (Fsp3) is 0.100. The lowest BCUT2D eigenvalue weighted by molar-refractivity contribution is 0.0696. The van der Waals surface area contributed by atoms with E-state index in [9.17, 15) is 4.79 Å². The van der Waals surface area contributed by atoms with Gasteiger partial charge in [-0.25, -0.2) is 4.79 Å². The quantitative estimate of drug-likeness (QED) is 0.942. The second-order valence-corrected chi connectivity index (χ2v) is 5.14. The lowest BCUT2D eigenvalue weighted by Gasteiger charge is -2.04. The Balaban J connectivity index is 2.29. The Morgan fingerprint density at radius 2 is 2.29 bits per heavy atom. The zero-order valence-electron chi connectivity index (χ0n) is 8.79. The molecule has 1 aromatic carbocycles. The first-order valence-corrected chi connectivity index (χ1v) is 6.23. The average Bonchev–Trinajstić information content (AvgIpc) is 2.67. The zero-order chi connectivity index (χ0) is 12.4. The summed E-state index contributed by atoms with van der Waals surface area (Å²) >= 11 is 4.76. The van der Waals surface area contributed by atoms with Crippen molar-refractivity contribution in [1.29, 1.82) is 0 Å². The number of carboxylic acids is 1. The Morgan fingerprint density at radius 1 is 1.53 bits per heavy atom. The average molecular weight is 314 g/mol. The highest BCUT2D eigenvalue weighted by Crippen LogP contribution is 2.32. The number of aromatic nitrogens is 3. The Kier molecular flexibility index (Phi) is 3.49. The molecular weight excluding hydrogens is 306 g/mol. The monoisotopic (exact) mass is 313 g/mol. The Hall–Kier alpha value is -1.34. The summed E-state index contributed by atoms with van der Waals surface area (Å²) in [6, 6.07) is 4.87. The van der Waals surface area contributed by atoms with Gasteiger partial charge >= 0.3 is 5.97 Å². The van der Waals surface area contributed by atoms with Crippen LogP contribution in [0, 0.1) is 0 Å². The third kappa shape index (κ3) is 2.67. The molecule has 17 heavy (non-hydrogen) atoms. The minimum absolute atomic E-state index is 0.249. The van der Waals surface area contributed by atoms with Gasteiger partial charge in [0.05, 0.1) is 5.56 Å². The predicted molar refractivity (Wildman–Crippen MR) is 66.2 cm³/mol. The van der Waals surface area contributed by atoms with Gasteiger partial charge in [0.2, 0.25) is 0 Å². The van der Waals surface area contributed by atoms with E-state index in [1.807, 2.05) is 7.05 Å². The van der Waals surface area contributed by atoms with E-state index in [2.05, 4.69) is 26.1 Å². The van der Waals surface area contributed by atoms with E-state index < -0.39 is 5.97 Å². The van der Waals surface area contributed by atoms with Gasteiger partial charge in [0, 0.05) is 16.4 Å². The van der Waals surface area contributed by atoms with Crippen LogP contribution < -0.4 is 0 Å². The molecule has 0 spiro atoms. The number of hydrogen-bond acceptors (Lipinski definition) is 4. The summed E-state index contributed by atoms with van der Waals surface area (Å²) in [7, 11) is 1.85. The second kappa shape index (κ2) is 4.89. The molecule has 0 saturated carbocycles. The Bertz CT molecular complexity index is 570. The highest BCUT2D eigenvalue weighted by Gasteiger charge is 2.10. The third-order valence-corrected chi connectivity index (χ3v) is 4.10. The SMILES string of the molecule is Cn1cnnc1Sc1ccc(C(=O)O)cc1Br. The van der Waals surface area contributed by atoms with E-state index in [0.29, 0.717) is 0 Å². The molecule has 2 aromatic rings.